The third kappa shape index (κ3) is 3.18. The van der Waals surface area contributed by atoms with Gasteiger partial charge in [0, 0.05) is 31.4 Å². The minimum atomic E-state index is -0.644. The highest BCUT2D eigenvalue weighted by molar-refractivity contribution is 5.94. The van der Waals surface area contributed by atoms with Gasteiger partial charge in [0.25, 0.3) is 5.91 Å². The number of rotatable bonds is 2. The van der Waals surface area contributed by atoms with Crippen LogP contribution in [0.5, 0.6) is 0 Å². The van der Waals surface area contributed by atoms with Crippen LogP contribution in [0.2, 0.25) is 0 Å². The van der Waals surface area contributed by atoms with Crippen molar-refractivity contribution in [3.8, 4) is 5.82 Å². The number of tetrazole rings is 1. The molecule has 5 rings (SSSR count). The van der Waals surface area contributed by atoms with Crippen LogP contribution in [0.25, 0.3) is 5.82 Å². The lowest BCUT2D eigenvalue weighted by atomic mass is 9.76. The van der Waals surface area contributed by atoms with E-state index in [0.29, 0.717) is 24.3 Å². The number of hydrogen-bond acceptors (Lipinski definition) is 7. The fourth-order valence-corrected chi connectivity index (χ4v) is 4.27. The maximum atomic E-state index is 13.0. The number of carbonyl (C=O) groups excluding carboxylic acids is 1. The number of fused-ring (bicyclic) bond motifs is 1. The van der Waals surface area contributed by atoms with Crippen LogP contribution in [-0.4, -0.2) is 65.8 Å². The number of pyridine rings is 1. The summed E-state index contributed by atoms with van der Waals surface area (Å²) in [5.41, 5.74) is 2.65. The van der Waals surface area contributed by atoms with E-state index in [1.807, 2.05) is 12.1 Å². The van der Waals surface area contributed by atoms with Crippen molar-refractivity contribution in [2.24, 2.45) is 0 Å². The SMILES string of the molecule is O=C(c1ccnc(-n2cnnn2)c1)N1CC[C@]2(Cc3ccccc3CN2)[C@H](O)C1. The van der Waals surface area contributed by atoms with Crippen LogP contribution in [-0.2, 0) is 13.0 Å². The van der Waals surface area contributed by atoms with Gasteiger partial charge in [0.05, 0.1) is 11.6 Å². The zero-order chi connectivity index (χ0) is 19.8. The number of aliphatic hydroxyl groups is 1. The zero-order valence-electron chi connectivity index (χ0n) is 15.8. The maximum Gasteiger partial charge on any atom is 0.254 e. The molecule has 29 heavy (non-hydrogen) atoms. The normalized spacial score (nSPS) is 23.8. The summed E-state index contributed by atoms with van der Waals surface area (Å²) in [7, 11) is 0. The van der Waals surface area contributed by atoms with E-state index in [1.54, 1.807) is 23.2 Å². The summed E-state index contributed by atoms with van der Waals surface area (Å²) in [6.45, 7) is 1.60. The third-order valence-corrected chi connectivity index (χ3v) is 5.98. The van der Waals surface area contributed by atoms with E-state index >= 15 is 0 Å². The first-order chi connectivity index (χ1) is 14.1. The summed E-state index contributed by atoms with van der Waals surface area (Å²) in [5.74, 6) is 0.340. The van der Waals surface area contributed by atoms with Gasteiger partial charge >= 0.3 is 0 Å². The molecule has 0 saturated carbocycles. The second-order valence-corrected chi connectivity index (χ2v) is 7.63. The largest absolute Gasteiger partial charge is 0.389 e. The van der Waals surface area contributed by atoms with E-state index in [9.17, 15) is 9.90 Å². The standard InChI is InChI=1S/C20H21N7O2/c28-17-12-26(8-6-20(17)10-15-3-1-2-4-16(15)11-22-20)19(29)14-5-7-21-18(9-14)27-13-23-24-25-27/h1-5,7,9,13,17,22,28H,6,8,10-12H2/t17-,20+/m1/s1. The number of benzene rings is 1. The van der Waals surface area contributed by atoms with Gasteiger partial charge < -0.3 is 15.3 Å². The Labute approximate surface area is 167 Å². The summed E-state index contributed by atoms with van der Waals surface area (Å²) >= 11 is 0. The van der Waals surface area contributed by atoms with Crippen molar-refractivity contribution >= 4 is 5.91 Å². The number of carbonyl (C=O) groups is 1. The number of likely N-dealkylation sites (tertiary alicyclic amines) is 1. The molecule has 9 nitrogen and oxygen atoms in total. The molecule has 0 aliphatic carbocycles. The van der Waals surface area contributed by atoms with Crippen molar-refractivity contribution in [1.82, 2.24) is 35.4 Å². The number of β-amino-alcohol motifs (C(OH)–C–C–N with tert-alkyl or cyclic N) is 1. The number of nitrogens with zero attached hydrogens (tertiary/aromatic N) is 6. The van der Waals surface area contributed by atoms with E-state index in [0.717, 1.165) is 13.0 Å². The van der Waals surface area contributed by atoms with Crippen molar-refractivity contribution < 1.29 is 9.90 Å². The van der Waals surface area contributed by atoms with Crippen LogP contribution in [0, 0.1) is 0 Å². The first-order valence-electron chi connectivity index (χ1n) is 9.63. The van der Waals surface area contributed by atoms with E-state index < -0.39 is 6.10 Å². The molecule has 0 radical (unpaired) electrons. The number of amides is 1. The van der Waals surface area contributed by atoms with Crippen molar-refractivity contribution in [2.45, 2.75) is 31.0 Å². The third-order valence-electron chi connectivity index (χ3n) is 5.98. The van der Waals surface area contributed by atoms with Crippen molar-refractivity contribution in [3.63, 3.8) is 0 Å². The fourth-order valence-electron chi connectivity index (χ4n) is 4.27. The molecule has 2 aromatic heterocycles. The number of aromatic nitrogens is 5. The molecule has 0 bridgehead atoms. The number of hydrogen-bond donors (Lipinski definition) is 2. The highest BCUT2D eigenvalue weighted by atomic mass is 16.3. The van der Waals surface area contributed by atoms with Crippen molar-refractivity contribution in [2.75, 3.05) is 13.1 Å². The monoisotopic (exact) mass is 391 g/mol. The molecule has 2 aliphatic heterocycles. The lowest BCUT2D eigenvalue weighted by Crippen LogP contribution is -2.65. The summed E-state index contributed by atoms with van der Waals surface area (Å²) in [4.78, 5) is 19.0. The average Bonchev–Trinajstić information content (AvgIpc) is 3.30. The molecule has 0 unspecified atom stereocenters. The van der Waals surface area contributed by atoms with Gasteiger partial charge in [0.2, 0.25) is 0 Å². The molecule has 148 valence electrons. The van der Waals surface area contributed by atoms with Gasteiger partial charge in [-0.15, -0.1) is 5.10 Å². The summed E-state index contributed by atoms with van der Waals surface area (Å²) in [6, 6.07) is 11.6. The minimum absolute atomic E-state index is 0.133. The molecule has 1 amide bonds. The van der Waals surface area contributed by atoms with Crippen LogP contribution in [0.3, 0.4) is 0 Å². The molecule has 2 N–H and O–H groups in total. The summed E-state index contributed by atoms with van der Waals surface area (Å²) in [5, 5.41) is 25.5. The smallest absolute Gasteiger partial charge is 0.254 e. The Kier molecular flexibility index (Phi) is 4.33. The van der Waals surface area contributed by atoms with E-state index in [-0.39, 0.29) is 18.0 Å². The Morgan fingerprint density at radius 1 is 1.24 bits per heavy atom. The molecule has 1 fully saturated rings. The molecular formula is C20H21N7O2. The van der Waals surface area contributed by atoms with Crippen molar-refractivity contribution in [3.05, 3.63) is 65.6 Å². The Balaban J connectivity index is 1.33. The lowest BCUT2D eigenvalue weighted by molar-refractivity contribution is -0.0138. The van der Waals surface area contributed by atoms with Gasteiger partial charge in [-0.25, -0.2) is 4.98 Å². The van der Waals surface area contributed by atoms with Gasteiger partial charge in [0.15, 0.2) is 5.82 Å². The number of nitrogens with one attached hydrogen (secondary N) is 1. The second kappa shape index (κ2) is 7.02. The molecule has 1 aromatic carbocycles. The molecule has 1 saturated heterocycles. The minimum Gasteiger partial charge on any atom is -0.389 e. The van der Waals surface area contributed by atoms with Gasteiger partial charge in [-0.05, 0) is 46.5 Å². The summed E-state index contributed by atoms with van der Waals surface area (Å²) < 4.78 is 1.40. The zero-order valence-corrected chi connectivity index (χ0v) is 15.8. The van der Waals surface area contributed by atoms with E-state index in [4.69, 9.17) is 0 Å². The Morgan fingerprint density at radius 3 is 2.90 bits per heavy atom. The highest BCUT2D eigenvalue weighted by Gasteiger charge is 2.45. The van der Waals surface area contributed by atoms with Gasteiger partial charge in [-0.2, -0.15) is 4.68 Å². The molecule has 3 aromatic rings. The second-order valence-electron chi connectivity index (χ2n) is 7.63. The maximum absolute atomic E-state index is 13.0. The molecule has 9 heteroatoms. The molecular weight excluding hydrogens is 370 g/mol. The Morgan fingerprint density at radius 2 is 2.10 bits per heavy atom. The molecule has 2 aliphatic rings. The first kappa shape index (κ1) is 17.9. The van der Waals surface area contributed by atoms with Crippen LogP contribution in [0.4, 0.5) is 0 Å². The number of aliphatic hydroxyl groups excluding tert-OH is 1. The van der Waals surface area contributed by atoms with Gasteiger partial charge in [-0.1, -0.05) is 24.3 Å². The van der Waals surface area contributed by atoms with Crippen LogP contribution < -0.4 is 5.32 Å². The predicted octanol–water partition coefficient (Wildman–Crippen LogP) is 0.349. The molecule has 2 atom stereocenters. The summed E-state index contributed by atoms with van der Waals surface area (Å²) in [6.07, 6.45) is 3.81. The van der Waals surface area contributed by atoms with E-state index in [2.05, 4.69) is 38.0 Å². The van der Waals surface area contributed by atoms with Crippen LogP contribution in [0.15, 0.2) is 48.9 Å². The Bertz CT molecular complexity index is 1040. The number of piperidine rings is 1. The van der Waals surface area contributed by atoms with Crippen molar-refractivity contribution in [1.29, 1.82) is 0 Å². The molecule has 4 heterocycles. The quantitative estimate of drug-likeness (QED) is 0.649. The van der Waals surface area contributed by atoms with Gasteiger partial charge in [-0.3, -0.25) is 4.79 Å². The average molecular weight is 391 g/mol. The predicted molar refractivity (Wildman–Crippen MR) is 103 cm³/mol. The lowest BCUT2D eigenvalue weighted by Gasteiger charge is -2.48. The molecule has 1 spiro atoms. The first-order valence-corrected chi connectivity index (χ1v) is 9.63. The van der Waals surface area contributed by atoms with Gasteiger partial charge in [0.1, 0.15) is 6.33 Å². The Hall–Kier alpha value is -3.17. The van der Waals surface area contributed by atoms with Crippen LogP contribution in [0.1, 0.15) is 27.9 Å². The topological polar surface area (TPSA) is 109 Å². The van der Waals surface area contributed by atoms with E-state index in [1.165, 1.54) is 22.1 Å². The fraction of sp³-hybridized carbons (Fsp3) is 0.350. The van der Waals surface area contributed by atoms with Crippen LogP contribution >= 0.6 is 0 Å². The highest BCUT2D eigenvalue weighted by Crippen LogP contribution is 2.32.